The van der Waals surface area contributed by atoms with Gasteiger partial charge in [-0.2, -0.15) is 0 Å². The summed E-state index contributed by atoms with van der Waals surface area (Å²) in [5, 5.41) is 2.69. The second kappa shape index (κ2) is 4.37. The average molecular weight is 259 g/mol. The van der Waals surface area contributed by atoms with Crippen LogP contribution in [0.1, 0.15) is 49.4 Å². The molecule has 1 fully saturated rings. The van der Waals surface area contributed by atoms with Gasteiger partial charge in [0, 0.05) is 12.6 Å². The number of nitrogens with one attached hydrogen (secondary N) is 1. The Morgan fingerprint density at radius 1 is 1.32 bits per heavy atom. The summed E-state index contributed by atoms with van der Waals surface area (Å²) < 4.78 is 6.08. The molecular weight excluding hydrogens is 242 g/mol. The van der Waals surface area contributed by atoms with Crippen LogP contribution in [0.5, 0.6) is 5.75 Å². The quantitative estimate of drug-likeness (QED) is 0.843. The van der Waals surface area contributed by atoms with E-state index in [1.54, 1.807) is 18.2 Å². The van der Waals surface area contributed by atoms with Gasteiger partial charge in [-0.15, -0.1) is 0 Å². The van der Waals surface area contributed by atoms with Gasteiger partial charge in [-0.25, -0.2) is 0 Å². The number of anilines is 1. The monoisotopic (exact) mass is 259 g/mol. The maximum absolute atomic E-state index is 12.3. The molecule has 1 amide bonds. The van der Waals surface area contributed by atoms with Crippen molar-refractivity contribution in [3.63, 3.8) is 0 Å². The average Bonchev–Trinajstić information content (AvgIpc) is 2.77. The maximum atomic E-state index is 12.3. The first-order valence-corrected chi connectivity index (χ1v) is 6.72. The van der Waals surface area contributed by atoms with Gasteiger partial charge in [0.1, 0.15) is 11.4 Å². The minimum atomic E-state index is -0.264. The number of rotatable bonds is 1. The van der Waals surface area contributed by atoms with E-state index in [9.17, 15) is 9.59 Å². The van der Waals surface area contributed by atoms with E-state index in [0.29, 0.717) is 23.4 Å². The molecule has 0 saturated heterocycles. The van der Waals surface area contributed by atoms with Crippen LogP contribution in [0, 0.1) is 0 Å². The van der Waals surface area contributed by atoms with Gasteiger partial charge in [-0.05, 0) is 43.9 Å². The Balaban J connectivity index is 1.92. The molecule has 1 heterocycles. The standard InChI is InChI=1S/C15H17NO3/c1-10(17)16-11-4-5-14-12(8-11)13(18)9-15(19-14)6-2-3-7-15/h4-5,8H,2-3,6-7,9H2,1H3,(H,16,17). The largest absolute Gasteiger partial charge is 0.486 e. The van der Waals surface area contributed by atoms with Crippen molar-refractivity contribution in [1.29, 1.82) is 0 Å². The molecule has 1 aromatic rings. The zero-order valence-electron chi connectivity index (χ0n) is 11.0. The number of ether oxygens (including phenoxy) is 1. The van der Waals surface area contributed by atoms with Crippen LogP contribution in [0.15, 0.2) is 18.2 Å². The smallest absolute Gasteiger partial charge is 0.221 e. The van der Waals surface area contributed by atoms with Crippen molar-refractivity contribution in [2.75, 3.05) is 5.32 Å². The molecule has 1 aromatic carbocycles. The Kier molecular flexibility index (Phi) is 2.81. The first-order chi connectivity index (χ1) is 9.08. The van der Waals surface area contributed by atoms with Crippen LogP contribution in [-0.2, 0) is 4.79 Å². The lowest BCUT2D eigenvalue weighted by atomic mass is 9.88. The van der Waals surface area contributed by atoms with E-state index >= 15 is 0 Å². The summed E-state index contributed by atoms with van der Waals surface area (Å²) in [6.45, 7) is 1.45. The number of carbonyl (C=O) groups is 2. The molecule has 100 valence electrons. The van der Waals surface area contributed by atoms with E-state index in [-0.39, 0.29) is 17.3 Å². The van der Waals surface area contributed by atoms with Crippen LogP contribution in [0.2, 0.25) is 0 Å². The minimum absolute atomic E-state index is 0.121. The van der Waals surface area contributed by atoms with Gasteiger partial charge in [-0.3, -0.25) is 9.59 Å². The van der Waals surface area contributed by atoms with E-state index in [2.05, 4.69) is 5.32 Å². The number of Topliss-reactive ketones (excluding diaryl/α,β-unsaturated/α-hetero) is 1. The van der Waals surface area contributed by atoms with Gasteiger partial charge in [0.05, 0.1) is 12.0 Å². The molecule has 4 heteroatoms. The Morgan fingerprint density at radius 3 is 2.74 bits per heavy atom. The molecule has 3 rings (SSSR count). The van der Waals surface area contributed by atoms with Gasteiger partial charge in [-0.1, -0.05) is 0 Å². The van der Waals surface area contributed by atoms with E-state index in [0.717, 1.165) is 25.7 Å². The molecule has 1 saturated carbocycles. The highest BCUT2D eigenvalue weighted by atomic mass is 16.5. The topological polar surface area (TPSA) is 55.4 Å². The third-order valence-electron chi connectivity index (χ3n) is 3.92. The highest BCUT2D eigenvalue weighted by molar-refractivity contribution is 6.02. The molecule has 0 radical (unpaired) electrons. The predicted molar refractivity (Wildman–Crippen MR) is 71.5 cm³/mol. The van der Waals surface area contributed by atoms with E-state index in [1.165, 1.54) is 6.92 Å². The number of amides is 1. The van der Waals surface area contributed by atoms with Crippen molar-refractivity contribution in [3.8, 4) is 5.75 Å². The molecule has 19 heavy (non-hydrogen) atoms. The fourth-order valence-electron chi connectivity index (χ4n) is 3.07. The summed E-state index contributed by atoms with van der Waals surface area (Å²) >= 11 is 0. The van der Waals surface area contributed by atoms with Crippen LogP contribution in [0.25, 0.3) is 0 Å². The van der Waals surface area contributed by atoms with Gasteiger partial charge in [0.15, 0.2) is 5.78 Å². The van der Waals surface area contributed by atoms with Crippen molar-refractivity contribution in [1.82, 2.24) is 0 Å². The zero-order valence-corrected chi connectivity index (χ0v) is 11.0. The number of hydrogen-bond acceptors (Lipinski definition) is 3. The summed E-state index contributed by atoms with van der Waals surface area (Å²) in [5.74, 6) is 0.638. The van der Waals surface area contributed by atoms with Gasteiger partial charge in [0.2, 0.25) is 5.91 Å². The van der Waals surface area contributed by atoms with Crippen molar-refractivity contribution >= 4 is 17.4 Å². The third kappa shape index (κ3) is 2.23. The van der Waals surface area contributed by atoms with Crippen LogP contribution in [0.4, 0.5) is 5.69 Å². The molecule has 0 aromatic heterocycles. The zero-order chi connectivity index (χ0) is 13.5. The Bertz CT molecular complexity index is 544. The van der Waals surface area contributed by atoms with Crippen molar-refractivity contribution in [2.45, 2.75) is 44.6 Å². The molecular formula is C15H17NO3. The lowest BCUT2D eigenvalue weighted by Gasteiger charge is -2.34. The number of carbonyl (C=O) groups excluding carboxylic acids is 2. The second-order valence-electron chi connectivity index (χ2n) is 5.48. The van der Waals surface area contributed by atoms with Crippen molar-refractivity contribution in [3.05, 3.63) is 23.8 Å². The van der Waals surface area contributed by atoms with Crippen LogP contribution < -0.4 is 10.1 Å². The molecule has 1 aliphatic carbocycles. The summed E-state index contributed by atoms with van der Waals surface area (Å²) in [7, 11) is 0. The molecule has 1 spiro atoms. The Hall–Kier alpha value is -1.84. The fraction of sp³-hybridized carbons (Fsp3) is 0.467. The summed E-state index contributed by atoms with van der Waals surface area (Å²) in [5.41, 5.74) is 0.967. The van der Waals surface area contributed by atoms with Gasteiger partial charge >= 0.3 is 0 Å². The molecule has 4 nitrogen and oxygen atoms in total. The molecule has 0 unspecified atom stereocenters. The van der Waals surface area contributed by atoms with Crippen molar-refractivity contribution < 1.29 is 14.3 Å². The van der Waals surface area contributed by atoms with Gasteiger partial charge < -0.3 is 10.1 Å². The number of ketones is 1. The lowest BCUT2D eigenvalue weighted by Crippen LogP contribution is -2.39. The lowest BCUT2D eigenvalue weighted by molar-refractivity contribution is -0.114. The summed E-state index contributed by atoms with van der Waals surface area (Å²) in [6, 6.07) is 5.28. The van der Waals surface area contributed by atoms with E-state index in [4.69, 9.17) is 4.74 Å². The van der Waals surface area contributed by atoms with E-state index in [1.807, 2.05) is 0 Å². The highest BCUT2D eigenvalue weighted by Crippen LogP contribution is 2.43. The normalized spacial score (nSPS) is 19.9. The Labute approximate surface area is 112 Å². The summed E-state index contributed by atoms with van der Waals surface area (Å²) in [6.07, 6.45) is 4.65. The summed E-state index contributed by atoms with van der Waals surface area (Å²) in [4.78, 5) is 23.3. The molecule has 1 N–H and O–H groups in total. The molecule has 0 bridgehead atoms. The molecule has 1 aliphatic heterocycles. The molecule has 0 atom stereocenters. The number of fused-ring (bicyclic) bond motifs is 1. The number of hydrogen-bond donors (Lipinski definition) is 1. The predicted octanol–water partition coefficient (Wildman–Crippen LogP) is 2.92. The van der Waals surface area contributed by atoms with Crippen LogP contribution in [-0.4, -0.2) is 17.3 Å². The maximum Gasteiger partial charge on any atom is 0.221 e. The van der Waals surface area contributed by atoms with Crippen LogP contribution in [0.3, 0.4) is 0 Å². The van der Waals surface area contributed by atoms with E-state index < -0.39 is 0 Å². The SMILES string of the molecule is CC(=O)Nc1ccc2c(c1)C(=O)CC1(CCCC1)O2. The first-order valence-electron chi connectivity index (χ1n) is 6.72. The third-order valence-corrected chi connectivity index (χ3v) is 3.92. The fourth-order valence-corrected chi connectivity index (χ4v) is 3.07. The Morgan fingerprint density at radius 2 is 2.05 bits per heavy atom. The first kappa shape index (κ1) is 12.2. The molecule has 2 aliphatic rings. The highest BCUT2D eigenvalue weighted by Gasteiger charge is 2.42. The number of benzene rings is 1. The second-order valence-corrected chi connectivity index (χ2v) is 5.48. The van der Waals surface area contributed by atoms with Crippen molar-refractivity contribution in [2.24, 2.45) is 0 Å². The minimum Gasteiger partial charge on any atom is -0.486 e. The van der Waals surface area contributed by atoms with Gasteiger partial charge in [0.25, 0.3) is 0 Å². The van der Waals surface area contributed by atoms with Crippen LogP contribution >= 0.6 is 0 Å².